The Hall–Kier alpha value is -0.640. The molecule has 0 aromatic carbocycles. The molecule has 1 aliphatic heterocycles. The first kappa shape index (κ1) is 11.4. The van der Waals surface area contributed by atoms with Crippen LogP contribution in [-0.4, -0.2) is 32.9 Å². The van der Waals surface area contributed by atoms with Crippen molar-refractivity contribution < 1.29 is 13.2 Å². The Bertz CT molecular complexity index is 314. The average Bonchev–Trinajstić information content (AvgIpc) is 2.57. The summed E-state index contributed by atoms with van der Waals surface area (Å²) >= 11 is 0. The van der Waals surface area contributed by atoms with Gasteiger partial charge in [-0.05, 0) is 12.8 Å². The second-order valence-electron chi connectivity index (χ2n) is 3.25. The molecule has 0 radical (unpaired) electrons. The van der Waals surface area contributed by atoms with Gasteiger partial charge in [-0.1, -0.05) is 6.92 Å². The molecule has 1 saturated heterocycles. The van der Waals surface area contributed by atoms with E-state index in [-0.39, 0.29) is 6.04 Å². The van der Waals surface area contributed by atoms with E-state index in [0.29, 0.717) is 26.1 Å². The molecule has 0 amide bonds. The van der Waals surface area contributed by atoms with Gasteiger partial charge < -0.3 is 4.74 Å². The minimum absolute atomic E-state index is 0.164. The van der Waals surface area contributed by atoms with Gasteiger partial charge in [-0.2, -0.15) is 5.26 Å². The van der Waals surface area contributed by atoms with Crippen LogP contribution in [0.4, 0.5) is 0 Å². The monoisotopic (exact) mass is 218 g/mol. The van der Waals surface area contributed by atoms with Crippen LogP contribution in [0.15, 0.2) is 0 Å². The lowest BCUT2D eigenvalue weighted by molar-refractivity contribution is 0.192. The van der Waals surface area contributed by atoms with Crippen LogP contribution in [0.5, 0.6) is 0 Å². The lowest BCUT2D eigenvalue weighted by atomic mass is 10.3. The van der Waals surface area contributed by atoms with Gasteiger partial charge in [0.1, 0.15) is 0 Å². The molecule has 1 aliphatic rings. The SMILES string of the molecule is CCC(C#N)S(=O)(=O)NC1CCOC1. The highest BCUT2D eigenvalue weighted by molar-refractivity contribution is 7.90. The summed E-state index contributed by atoms with van der Waals surface area (Å²) in [7, 11) is -3.50. The van der Waals surface area contributed by atoms with Crippen molar-refractivity contribution in [3.63, 3.8) is 0 Å². The zero-order valence-electron chi connectivity index (χ0n) is 8.06. The van der Waals surface area contributed by atoms with Gasteiger partial charge in [0, 0.05) is 12.6 Å². The van der Waals surface area contributed by atoms with Gasteiger partial charge in [0.05, 0.1) is 12.7 Å². The van der Waals surface area contributed by atoms with Gasteiger partial charge >= 0.3 is 0 Å². The van der Waals surface area contributed by atoms with Crippen molar-refractivity contribution in [1.29, 1.82) is 5.26 Å². The molecule has 0 saturated carbocycles. The van der Waals surface area contributed by atoms with Gasteiger partial charge in [-0.25, -0.2) is 13.1 Å². The summed E-state index contributed by atoms with van der Waals surface area (Å²) < 4.78 is 30.6. The van der Waals surface area contributed by atoms with E-state index in [9.17, 15) is 8.42 Å². The van der Waals surface area contributed by atoms with Crippen LogP contribution in [-0.2, 0) is 14.8 Å². The van der Waals surface area contributed by atoms with Crippen LogP contribution >= 0.6 is 0 Å². The number of rotatable bonds is 4. The number of hydrogen-bond donors (Lipinski definition) is 1. The predicted molar refractivity (Wildman–Crippen MR) is 51.0 cm³/mol. The average molecular weight is 218 g/mol. The Morgan fingerprint density at radius 2 is 2.43 bits per heavy atom. The molecule has 0 aromatic rings. The summed E-state index contributed by atoms with van der Waals surface area (Å²) in [6, 6.07) is 1.61. The van der Waals surface area contributed by atoms with Gasteiger partial charge in [-0.3, -0.25) is 0 Å². The number of nitrogens with zero attached hydrogens (tertiary/aromatic N) is 1. The zero-order chi connectivity index (χ0) is 10.6. The second-order valence-corrected chi connectivity index (χ2v) is 5.14. The summed E-state index contributed by atoms with van der Waals surface area (Å²) in [4.78, 5) is 0. The molecule has 1 heterocycles. The molecule has 80 valence electrons. The predicted octanol–water partition coefficient (Wildman–Crippen LogP) is -0.00312. The number of nitriles is 1. The highest BCUT2D eigenvalue weighted by atomic mass is 32.2. The largest absolute Gasteiger partial charge is 0.380 e. The Kier molecular flexibility index (Phi) is 3.86. The van der Waals surface area contributed by atoms with Gasteiger partial charge in [0.15, 0.2) is 5.25 Å². The minimum Gasteiger partial charge on any atom is -0.380 e. The Morgan fingerprint density at radius 1 is 1.71 bits per heavy atom. The molecule has 0 spiro atoms. The molecule has 0 aromatic heterocycles. The van der Waals surface area contributed by atoms with Gasteiger partial charge in [-0.15, -0.1) is 0 Å². The summed E-state index contributed by atoms with van der Waals surface area (Å²) in [6.07, 6.45) is 0.987. The molecule has 2 atom stereocenters. The molecule has 1 rings (SSSR count). The van der Waals surface area contributed by atoms with E-state index >= 15 is 0 Å². The third-order valence-corrected chi connectivity index (χ3v) is 4.00. The van der Waals surface area contributed by atoms with Crippen molar-refractivity contribution in [3.8, 4) is 6.07 Å². The van der Waals surface area contributed by atoms with Crippen LogP contribution in [0.1, 0.15) is 19.8 Å². The summed E-state index contributed by atoms with van der Waals surface area (Å²) in [6.45, 7) is 2.66. The smallest absolute Gasteiger partial charge is 0.228 e. The lowest BCUT2D eigenvalue weighted by Gasteiger charge is -2.13. The number of nitrogens with one attached hydrogen (secondary N) is 1. The molecule has 0 bridgehead atoms. The van der Waals surface area contributed by atoms with Crippen LogP contribution in [0, 0.1) is 11.3 Å². The van der Waals surface area contributed by atoms with Crippen LogP contribution in [0.25, 0.3) is 0 Å². The maximum absolute atomic E-state index is 11.6. The van der Waals surface area contributed by atoms with Crippen molar-refractivity contribution in [2.75, 3.05) is 13.2 Å². The van der Waals surface area contributed by atoms with Crippen molar-refractivity contribution in [3.05, 3.63) is 0 Å². The summed E-state index contributed by atoms with van der Waals surface area (Å²) in [5.41, 5.74) is 0. The Morgan fingerprint density at radius 3 is 2.86 bits per heavy atom. The molecule has 1 fully saturated rings. The molecular weight excluding hydrogens is 204 g/mol. The first-order valence-electron chi connectivity index (χ1n) is 4.58. The Balaban J connectivity index is 2.61. The molecule has 0 aliphatic carbocycles. The minimum atomic E-state index is -3.50. The standard InChI is InChI=1S/C8H14N2O3S/c1-2-8(5-9)14(11,12)10-7-3-4-13-6-7/h7-8,10H,2-4,6H2,1H3. The van der Waals surface area contributed by atoms with Crippen molar-refractivity contribution in [2.45, 2.75) is 31.1 Å². The van der Waals surface area contributed by atoms with Crippen LogP contribution in [0.2, 0.25) is 0 Å². The molecule has 6 heteroatoms. The normalized spacial score (nSPS) is 24.4. The summed E-state index contributed by atoms with van der Waals surface area (Å²) in [5, 5.41) is 7.68. The highest BCUT2D eigenvalue weighted by Crippen LogP contribution is 2.09. The van der Waals surface area contributed by atoms with E-state index in [0.717, 1.165) is 0 Å². The lowest BCUT2D eigenvalue weighted by Crippen LogP contribution is -2.40. The van der Waals surface area contributed by atoms with E-state index < -0.39 is 15.3 Å². The first-order valence-corrected chi connectivity index (χ1v) is 6.13. The number of ether oxygens (including phenoxy) is 1. The molecule has 5 nitrogen and oxygen atoms in total. The fraction of sp³-hybridized carbons (Fsp3) is 0.875. The van der Waals surface area contributed by atoms with Gasteiger partial charge in [0.25, 0.3) is 0 Å². The zero-order valence-corrected chi connectivity index (χ0v) is 8.88. The summed E-state index contributed by atoms with van der Waals surface area (Å²) in [5.74, 6) is 0. The topological polar surface area (TPSA) is 79.2 Å². The third kappa shape index (κ3) is 2.67. The number of hydrogen-bond acceptors (Lipinski definition) is 4. The van der Waals surface area contributed by atoms with E-state index in [4.69, 9.17) is 10.00 Å². The maximum atomic E-state index is 11.6. The van der Waals surface area contributed by atoms with Crippen LogP contribution < -0.4 is 4.72 Å². The van der Waals surface area contributed by atoms with E-state index in [2.05, 4.69) is 4.72 Å². The molecule has 14 heavy (non-hydrogen) atoms. The van der Waals surface area contributed by atoms with Crippen molar-refractivity contribution in [2.24, 2.45) is 0 Å². The van der Waals surface area contributed by atoms with Crippen molar-refractivity contribution >= 4 is 10.0 Å². The quantitative estimate of drug-likeness (QED) is 0.720. The maximum Gasteiger partial charge on any atom is 0.228 e. The van der Waals surface area contributed by atoms with E-state index in [1.807, 2.05) is 0 Å². The molecular formula is C8H14N2O3S. The van der Waals surface area contributed by atoms with Crippen molar-refractivity contribution in [1.82, 2.24) is 4.72 Å². The first-order chi connectivity index (χ1) is 6.60. The third-order valence-electron chi connectivity index (χ3n) is 2.15. The van der Waals surface area contributed by atoms with E-state index in [1.54, 1.807) is 13.0 Å². The molecule has 1 N–H and O–H groups in total. The van der Waals surface area contributed by atoms with Crippen LogP contribution in [0.3, 0.4) is 0 Å². The van der Waals surface area contributed by atoms with Gasteiger partial charge in [0.2, 0.25) is 10.0 Å². The Labute approximate surface area is 84.1 Å². The van der Waals surface area contributed by atoms with E-state index in [1.165, 1.54) is 0 Å². The fourth-order valence-electron chi connectivity index (χ4n) is 1.32. The second kappa shape index (κ2) is 4.73. The highest BCUT2D eigenvalue weighted by Gasteiger charge is 2.28. The molecule has 2 unspecified atom stereocenters. The fourth-order valence-corrected chi connectivity index (χ4v) is 2.71. The number of sulfonamides is 1.